The Morgan fingerprint density at radius 3 is 2.84 bits per heavy atom. The first-order valence-electron chi connectivity index (χ1n) is 12.5. The Bertz CT molecular complexity index is 1270. The lowest BCUT2D eigenvalue weighted by atomic mass is 9.96. The minimum atomic E-state index is -0.196. The highest BCUT2D eigenvalue weighted by atomic mass is 16.5. The van der Waals surface area contributed by atoms with Crippen LogP contribution in [0.5, 0.6) is 0 Å². The van der Waals surface area contributed by atoms with Gasteiger partial charge in [-0.15, -0.1) is 0 Å². The van der Waals surface area contributed by atoms with Gasteiger partial charge in [0.15, 0.2) is 0 Å². The molecule has 1 aromatic carbocycles. The van der Waals surface area contributed by atoms with E-state index in [2.05, 4.69) is 30.8 Å². The molecular formula is C26H32N8O3. The van der Waals surface area contributed by atoms with Crippen molar-refractivity contribution >= 4 is 24.1 Å². The third kappa shape index (κ3) is 5.56. The first kappa shape index (κ1) is 24.7. The molecule has 2 aliphatic rings. The largest absolute Gasteiger partial charge is 0.372 e. The number of ether oxygens (including phenoxy) is 1. The highest BCUT2D eigenvalue weighted by molar-refractivity contribution is 5.76. The topological polar surface area (TPSA) is 128 Å². The van der Waals surface area contributed by atoms with E-state index in [-0.39, 0.29) is 24.3 Å². The summed E-state index contributed by atoms with van der Waals surface area (Å²) in [7, 11) is 0. The molecule has 37 heavy (non-hydrogen) atoms. The van der Waals surface area contributed by atoms with E-state index in [0.29, 0.717) is 38.5 Å². The normalized spacial score (nSPS) is 17.7. The molecule has 0 bridgehead atoms. The zero-order chi connectivity index (χ0) is 25.9. The van der Waals surface area contributed by atoms with E-state index in [0.717, 1.165) is 40.2 Å². The van der Waals surface area contributed by atoms with Crippen LogP contribution in [0.2, 0.25) is 0 Å². The summed E-state index contributed by atoms with van der Waals surface area (Å²) in [4.78, 5) is 37.1. The van der Waals surface area contributed by atoms with Crippen molar-refractivity contribution < 1.29 is 14.3 Å². The lowest BCUT2D eigenvalue weighted by molar-refractivity contribution is -0.118. The number of nitrogens with zero attached hydrogens (tertiary/aromatic N) is 5. The maximum atomic E-state index is 12.9. The molecule has 11 nitrogen and oxygen atoms in total. The molecule has 0 aliphatic carbocycles. The molecule has 3 amide bonds. The third-order valence-electron chi connectivity index (χ3n) is 6.67. The number of hydrogen-bond acceptors (Lipinski definition) is 7. The average Bonchev–Trinajstić information content (AvgIpc) is 3.17. The Balaban J connectivity index is 1.34. The Hall–Kier alpha value is -3.99. The Labute approximate surface area is 215 Å². The molecule has 11 heteroatoms. The zero-order valence-electron chi connectivity index (χ0n) is 21.3. The first-order valence-corrected chi connectivity index (χ1v) is 12.5. The van der Waals surface area contributed by atoms with E-state index in [9.17, 15) is 9.59 Å². The number of H-pyrrole nitrogens is 1. The maximum absolute atomic E-state index is 12.9. The summed E-state index contributed by atoms with van der Waals surface area (Å²) < 4.78 is 5.77. The minimum Gasteiger partial charge on any atom is -0.372 e. The molecule has 1 saturated heterocycles. The quantitative estimate of drug-likeness (QED) is 0.422. The van der Waals surface area contributed by atoms with Crippen molar-refractivity contribution in [2.75, 3.05) is 25.0 Å². The number of benzene rings is 1. The van der Waals surface area contributed by atoms with Crippen molar-refractivity contribution in [3.8, 4) is 11.3 Å². The second-order valence-electron chi connectivity index (χ2n) is 9.79. The molecule has 2 aliphatic heterocycles. The van der Waals surface area contributed by atoms with E-state index in [4.69, 9.17) is 4.74 Å². The van der Waals surface area contributed by atoms with Gasteiger partial charge >= 0.3 is 6.03 Å². The van der Waals surface area contributed by atoms with Crippen LogP contribution in [0.4, 0.5) is 16.4 Å². The van der Waals surface area contributed by atoms with E-state index in [1.54, 1.807) is 22.2 Å². The third-order valence-corrected chi connectivity index (χ3v) is 6.67. The van der Waals surface area contributed by atoms with Crippen LogP contribution in [0, 0.1) is 6.92 Å². The highest BCUT2D eigenvalue weighted by Crippen LogP contribution is 2.31. The molecule has 0 saturated carbocycles. The summed E-state index contributed by atoms with van der Waals surface area (Å²) in [6, 6.07) is 7.62. The number of anilines is 2. The maximum Gasteiger partial charge on any atom is 0.318 e. The fourth-order valence-corrected chi connectivity index (χ4v) is 4.72. The summed E-state index contributed by atoms with van der Waals surface area (Å²) in [6.07, 6.45) is 5.13. The summed E-state index contributed by atoms with van der Waals surface area (Å²) in [5.41, 5.74) is 5.35. The van der Waals surface area contributed by atoms with Crippen molar-refractivity contribution in [2.45, 2.75) is 52.0 Å². The predicted molar refractivity (Wildman–Crippen MR) is 138 cm³/mol. The molecule has 0 radical (unpaired) electrons. The number of amides is 3. The van der Waals surface area contributed by atoms with Crippen LogP contribution in [0.3, 0.4) is 0 Å². The first-order chi connectivity index (χ1) is 17.9. The molecule has 1 fully saturated rings. The van der Waals surface area contributed by atoms with Gasteiger partial charge in [-0.05, 0) is 50.5 Å². The van der Waals surface area contributed by atoms with Crippen molar-refractivity contribution in [3.63, 3.8) is 0 Å². The average molecular weight is 505 g/mol. The van der Waals surface area contributed by atoms with E-state index < -0.39 is 0 Å². The van der Waals surface area contributed by atoms with Crippen molar-refractivity contribution in [1.82, 2.24) is 35.3 Å². The van der Waals surface area contributed by atoms with E-state index >= 15 is 0 Å². The van der Waals surface area contributed by atoms with Crippen LogP contribution >= 0.6 is 0 Å². The van der Waals surface area contributed by atoms with Gasteiger partial charge in [-0.3, -0.25) is 9.89 Å². The number of carbonyl (C=O) groups excluding carboxylic acids is 2. The minimum absolute atomic E-state index is 0.0879. The molecule has 4 heterocycles. The van der Waals surface area contributed by atoms with Crippen LogP contribution < -0.4 is 10.6 Å². The molecule has 1 unspecified atom stereocenters. The Morgan fingerprint density at radius 2 is 2.11 bits per heavy atom. The van der Waals surface area contributed by atoms with Crippen LogP contribution in [0.1, 0.15) is 43.1 Å². The standard InChI is InChI=1S/C26H32N8O3/c1-16(2)37-20-13-34(14-20)26(36)31-23-7-9-33(15-35)12-19-10-18(4-5-21(19)23)22-6-8-27-25(29-22)30-24-11-28-32-17(24)3/h4-6,8,10-11,15-16,20,23H,7,9,12-14H2,1-3H3,(H,28,32)(H,31,36)(H,27,29,30). The van der Waals surface area contributed by atoms with Gasteiger partial charge in [0.2, 0.25) is 12.4 Å². The molecule has 194 valence electrons. The highest BCUT2D eigenvalue weighted by Gasteiger charge is 2.34. The molecule has 3 N–H and O–H groups in total. The summed E-state index contributed by atoms with van der Waals surface area (Å²) in [5.74, 6) is 0.464. The molecule has 2 aromatic heterocycles. The van der Waals surface area contributed by atoms with Gasteiger partial charge in [0.05, 0.1) is 54.6 Å². The number of aromatic nitrogens is 4. The van der Waals surface area contributed by atoms with E-state index in [1.165, 1.54) is 0 Å². The van der Waals surface area contributed by atoms with Gasteiger partial charge in [0.25, 0.3) is 0 Å². The summed E-state index contributed by atoms with van der Waals surface area (Å²) in [5, 5.41) is 13.3. The number of fused-ring (bicyclic) bond motifs is 1. The van der Waals surface area contributed by atoms with E-state index in [1.807, 2.05) is 45.0 Å². The van der Waals surface area contributed by atoms with Crippen molar-refractivity contribution in [1.29, 1.82) is 0 Å². The van der Waals surface area contributed by atoms with Crippen molar-refractivity contribution in [2.24, 2.45) is 0 Å². The molecule has 5 rings (SSSR count). The van der Waals surface area contributed by atoms with Gasteiger partial charge in [0.1, 0.15) is 0 Å². The monoisotopic (exact) mass is 504 g/mol. The van der Waals surface area contributed by atoms with Crippen LogP contribution in [0.25, 0.3) is 11.3 Å². The number of likely N-dealkylation sites (tertiary alicyclic amines) is 1. The SMILES string of the molecule is Cc1[nH]ncc1Nc1nccc(-c2ccc3c(c2)CN(C=O)CCC3NC(=O)N2CC(OC(C)C)C2)n1. The Kier molecular flexibility index (Phi) is 7.04. The summed E-state index contributed by atoms with van der Waals surface area (Å²) in [6.45, 7) is 8.12. The fourth-order valence-electron chi connectivity index (χ4n) is 4.72. The van der Waals surface area contributed by atoms with Gasteiger partial charge in [-0.2, -0.15) is 5.10 Å². The van der Waals surface area contributed by atoms with Gasteiger partial charge in [0, 0.05) is 24.8 Å². The molecule has 3 aromatic rings. The summed E-state index contributed by atoms with van der Waals surface area (Å²) >= 11 is 0. The number of carbonyl (C=O) groups is 2. The number of rotatable bonds is 7. The predicted octanol–water partition coefficient (Wildman–Crippen LogP) is 3.14. The molecular weight excluding hydrogens is 472 g/mol. The number of nitrogens with one attached hydrogen (secondary N) is 3. The number of hydrogen-bond donors (Lipinski definition) is 3. The lowest BCUT2D eigenvalue weighted by Gasteiger charge is -2.40. The van der Waals surface area contributed by atoms with Gasteiger partial charge in [-0.1, -0.05) is 12.1 Å². The van der Waals surface area contributed by atoms with Crippen LogP contribution in [0.15, 0.2) is 36.7 Å². The second-order valence-corrected chi connectivity index (χ2v) is 9.79. The number of urea groups is 1. The van der Waals surface area contributed by atoms with Gasteiger partial charge in [-0.25, -0.2) is 14.8 Å². The Morgan fingerprint density at radius 1 is 1.27 bits per heavy atom. The number of aryl methyl sites for hydroxylation is 1. The molecule has 0 spiro atoms. The van der Waals surface area contributed by atoms with Crippen LogP contribution in [-0.4, -0.2) is 74.2 Å². The lowest BCUT2D eigenvalue weighted by Crippen LogP contribution is -2.58. The van der Waals surface area contributed by atoms with Crippen LogP contribution in [-0.2, 0) is 16.1 Å². The smallest absolute Gasteiger partial charge is 0.318 e. The fraction of sp³-hybridized carbons (Fsp3) is 0.423. The second kappa shape index (κ2) is 10.6. The van der Waals surface area contributed by atoms with Crippen molar-refractivity contribution in [3.05, 3.63) is 53.5 Å². The number of aromatic amines is 1. The zero-order valence-corrected chi connectivity index (χ0v) is 21.3. The molecule has 1 atom stereocenters. The van der Waals surface area contributed by atoms with Gasteiger partial charge < -0.3 is 25.2 Å².